The van der Waals surface area contributed by atoms with Crippen LogP contribution in [0.4, 0.5) is 0 Å². The average Bonchev–Trinajstić information content (AvgIpc) is 3.43. The minimum Gasteiger partial charge on any atom is -0.496 e. The molecule has 0 aliphatic heterocycles. The molecule has 36 heavy (non-hydrogen) atoms. The summed E-state index contributed by atoms with van der Waals surface area (Å²) in [6.45, 7) is 1.98. The molecule has 1 amide bonds. The monoisotopic (exact) mass is 519 g/mol. The van der Waals surface area contributed by atoms with Crippen LogP contribution in [0.15, 0.2) is 70.9 Å². The SMILES string of the molecule is COc1ccccc1CCC(=O)N(CCN(C)C)Cc1cc2ccc(SC)cc2nc1-c1cccs1. The van der Waals surface area contributed by atoms with Gasteiger partial charge in [0.2, 0.25) is 5.91 Å². The first-order valence-electron chi connectivity index (χ1n) is 12.0. The maximum atomic E-state index is 13.5. The lowest BCUT2D eigenvalue weighted by atomic mass is 10.1. The molecular weight excluding hydrogens is 486 g/mol. The van der Waals surface area contributed by atoms with Crippen LogP contribution in [0.1, 0.15) is 17.5 Å². The van der Waals surface area contributed by atoms with Gasteiger partial charge in [0.05, 0.1) is 23.2 Å². The number of pyridine rings is 1. The molecule has 0 unspecified atom stereocenters. The van der Waals surface area contributed by atoms with Gasteiger partial charge in [0, 0.05) is 36.3 Å². The van der Waals surface area contributed by atoms with Crippen LogP contribution < -0.4 is 4.74 Å². The predicted octanol–water partition coefficient (Wildman–Crippen LogP) is 6.22. The smallest absolute Gasteiger partial charge is 0.223 e. The number of hydrogen-bond donors (Lipinski definition) is 0. The van der Waals surface area contributed by atoms with Gasteiger partial charge in [-0.3, -0.25) is 4.79 Å². The molecule has 2 aromatic heterocycles. The molecule has 0 N–H and O–H groups in total. The van der Waals surface area contributed by atoms with E-state index in [9.17, 15) is 4.79 Å². The van der Waals surface area contributed by atoms with Crippen molar-refractivity contribution in [3.05, 3.63) is 77.2 Å². The van der Waals surface area contributed by atoms with E-state index in [0.717, 1.165) is 44.9 Å². The number of carbonyl (C=O) groups is 1. The largest absolute Gasteiger partial charge is 0.496 e. The van der Waals surface area contributed by atoms with Crippen LogP contribution in [-0.4, -0.2) is 61.2 Å². The van der Waals surface area contributed by atoms with Gasteiger partial charge in [-0.1, -0.05) is 30.3 Å². The van der Waals surface area contributed by atoms with Gasteiger partial charge in [-0.2, -0.15) is 0 Å². The summed E-state index contributed by atoms with van der Waals surface area (Å²) in [7, 11) is 5.75. The van der Waals surface area contributed by atoms with E-state index in [1.807, 2.05) is 43.3 Å². The van der Waals surface area contributed by atoms with Crippen LogP contribution >= 0.6 is 23.1 Å². The number of aryl methyl sites for hydroxylation is 1. The summed E-state index contributed by atoms with van der Waals surface area (Å²) in [5.74, 6) is 0.964. The van der Waals surface area contributed by atoms with E-state index in [1.165, 1.54) is 4.90 Å². The van der Waals surface area contributed by atoms with Crippen LogP contribution in [0.2, 0.25) is 0 Å². The van der Waals surface area contributed by atoms with E-state index >= 15 is 0 Å². The summed E-state index contributed by atoms with van der Waals surface area (Å²) in [6.07, 6.45) is 3.15. The molecule has 7 heteroatoms. The summed E-state index contributed by atoms with van der Waals surface area (Å²) >= 11 is 3.40. The lowest BCUT2D eigenvalue weighted by molar-refractivity contribution is -0.131. The Morgan fingerprint density at radius 3 is 2.58 bits per heavy atom. The number of thioether (sulfide) groups is 1. The molecule has 4 rings (SSSR count). The number of rotatable bonds is 11. The molecule has 188 valence electrons. The second kappa shape index (κ2) is 12.4. The highest BCUT2D eigenvalue weighted by molar-refractivity contribution is 7.98. The minimum atomic E-state index is 0.137. The Hall–Kier alpha value is -2.87. The van der Waals surface area contributed by atoms with E-state index in [-0.39, 0.29) is 5.91 Å². The number of nitrogens with zero attached hydrogens (tertiary/aromatic N) is 3. The van der Waals surface area contributed by atoms with Gasteiger partial charge in [-0.25, -0.2) is 4.98 Å². The number of ether oxygens (including phenoxy) is 1. The number of carbonyl (C=O) groups excluding carboxylic acids is 1. The summed E-state index contributed by atoms with van der Waals surface area (Å²) in [4.78, 5) is 25.0. The third-order valence-electron chi connectivity index (χ3n) is 6.19. The van der Waals surface area contributed by atoms with Crippen LogP contribution in [0.3, 0.4) is 0 Å². The van der Waals surface area contributed by atoms with Crippen LogP contribution in [0.5, 0.6) is 5.75 Å². The van der Waals surface area contributed by atoms with Gasteiger partial charge in [0.15, 0.2) is 0 Å². The molecule has 0 aliphatic rings. The molecule has 5 nitrogen and oxygen atoms in total. The molecule has 2 aromatic carbocycles. The van der Waals surface area contributed by atoms with Crippen molar-refractivity contribution in [2.24, 2.45) is 0 Å². The van der Waals surface area contributed by atoms with Crippen molar-refractivity contribution in [2.45, 2.75) is 24.3 Å². The fourth-order valence-corrected chi connectivity index (χ4v) is 5.38. The number of thiophene rings is 1. The molecule has 0 saturated heterocycles. The molecule has 0 saturated carbocycles. The first-order valence-corrected chi connectivity index (χ1v) is 14.1. The second-order valence-corrected chi connectivity index (χ2v) is 10.8. The fraction of sp³-hybridized carbons (Fsp3) is 0.310. The number of hydrogen-bond acceptors (Lipinski definition) is 6. The van der Waals surface area contributed by atoms with E-state index in [1.54, 1.807) is 30.2 Å². The lowest BCUT2D eigenvalue weighted by Crippen LogP contribution is -2.36. The Morgan fingerprint density at radius 2 is 1.86 bits per heavy atom. The first-order chi connectivity index (χ1) is 17.5. The number of amides is 1. The molecule has 2 heterocycles. The van der Waals surface area contributed by atoms with Crippen molar-refractivity contribution >= 4 is 39.9 Å². The molecule has 0 bridgehead atoms. The van der Waals surface area contributed by atoms with Crippen molar-refractivity contribution in [3.8, 4) is 16.3 Å². The zero-order valence-electron chi connectivity index (χ0n) is 21.4. The lowest BCUT2D eigenvalue weighted by Gasteiger charge is -2.26. The molecule has 4 aromatic rings. The summed E-state index contributed by atoms with van der Waals surface area (Å²) in [5, 5.41) is 3.17. The molecule has 0 fully saturated rings. The molecular formula is C29H33N3O2S2. The zero-order valence-corrected chi connectivity index (χ0v) is 23.0. The maximum Gasteiger partial charge on any atom is 0.223 e. The number of benzene rings is 2. The van der Waals surface area contributed by atoms with Gasteiger partial charge in [-0.15, -0.1) is 23.1 Å². The summed E-state index contributed by atoms with van der Waals surface area (Å²) < 4.78 is 5.49. The standard InChI is InChI=1S/C29H33N3O2S2/c1-31(2)15-16-32(28(33)14-12-21-8-5-6-9-26(21)34-3)20-23-18-22-11-13-24(35-4)19-25(22)30-29(23)27-10-7-17-36-27/h5-11,13,17-19H,12,14-16,20H2,1-4H3. The maximum absolute atomic E-state index is 13.5. The Bertz CT molecular complexity index is 1310. The van der Waals surface area contributed by atoms with Crippen molar-refractivity contribution < 1.29 is 9.53 Å². The van der Waals surface area contributed by atoms with E-state index in [0.29, 0.717) is 25.9 Å². The van der Waals surface area contributed by atoms with Crippen molar-refractivity contribution in [1.29, 1.82) is 0 Å². The molecule has 0 atom stereocenters. The number of aromatic nitrogens is 1. The van der Waals surface area contributed by atoms with Gasteiger partial charge in [-0.05, 0) is 73.6 Å². The molecule has 0 spiro atoms. The summed E-state index contributed by atoms with van der Waals surface area (Å²) in [6, 6.07) is 20.7. The molecule has 0 radical (unpaired) electrons. The Morgan fingerprint density at radius 1 is 1.03 bits per heavy atom. The Balaban J connectivity index is 1.64. The van der Waals surface area contributed by atoms with E-state index < -0.39 is 0 Å². The number of para-hydroxylation sites is 1. The van der Waals surface area contributed by atoms with Crippen LogP contribution in [-0.2, 0) is 17.8 Å². The molecule has 0 aliphatic carbocycles. The van der Waals surface area contributed by atoms with Gasteiger partial charge < -0.3 is 14.5 Å². The fourth-order valence-electron chi connectivity index (χ4n) is 4.19. The van der Waals surface area contributed by atoms with E-state index in [4.69, 9.17) is 9.72 Å². The van der Waals surface area contributed by atoms with Crippen molar-refractivity contribution in [2.75, 3.05) is 40.6 Å². The minimum absolute atomic E-state index is 0.137. The third kappa shape index (κ3) is 6.46. The highest BCUT2D eigenvalue weighted by atomic mass is 32.2. The number of fused-ring (bicyclic) bond motifs is 1. The Kier molecular flexibility index (Phi) is 9.02. The average molecular weight is 520 g/mol. The highest BCUT2D eigenvalue weighted by Gasteiger charge is 2.19. The predicted molar refractivity (Wildman–Crippen MR) is 152 cm³/mol. The van der Waals surface area contributed by atoms with E-state index in [2.05, 4.69) is 52.9 Å². The highest BCUT2D eigenvalue weighted by Crippen LogP contribution is 2.31. The quantitative estimate of drug-likeness (QED) is 0.220. The van der Waals surface area contributed by atoms with Crippen molar-refractivity contribution in [1.82, 2.24) is 14.8 Å². The normalized spacial score (nSPS) is 11.2. The topological polar surface area (TPSA) is 45.7 Å². The van der Waals surface area contributed by atoms with Gasteiger partial charge in [0.25, 0.3) is 0 Å². The van der Waals surface area contributed by atoms with Gasteiger partial charge in [0.1, 0.15) is 5.75 Å². The third-order valence-corrected chi connectivity index (χ3v) is 7.79. The number of methoxy groups -OCH3 is 1. The number of likely N-dealkylation sites (N-methyl/N-ethyl adjacent to an activating group) is 1. The van der Waals surface area contributed by atoms with Crippen LogP contribution in [0, 0.1) is 0 Å². The first kappa shape index (κ1) is 26.2. The summed E-state index contributed by atoms with van der Waals surface area (Å²) in [5.41, 5.74) is 4.07. The second-order valence-electron chi connectivity index (χ2n) is 8.96. The van der Waals surface area contributed by atoms with Crippen LogP contribution in [0.25, 0.3) is 21.5 Å². The van der Waals surface area contributed by atoms with Gasteiger partial charge >= 0.3 is 0 Å². The zero-order chi connectivity index (χ0) is 25.5. The van der Waals surface area contributed by atoms with Crippen molar-refractivity contribution in [3.63, 3.8) is 0 Å². The Labute approximate surface area is 222 Å².